The summed E-state index contributed by atoms with van der Waals surface area (Å²) in [7, 11) is 1.47. The first-order valence-corrected chi connectivity index (χ1v) is 1.93. The Morgan fingerprint density at radius 2 is 2.29 bits per heavy atom. The second-order valence-electron chi connectivity index (χ2n) is 1.04. The number of methoxy groups -OCH3 is 1. The third-order valence-corrected chi connectivity index (χ3v) is 0.579. The van der Waals surface area contributed by atoms with Crippen molar-refractivity contribution in [2.75, 3.05) is 7.11 Å². The van der Waals surface area contributed by atoms with Gasteiger partial charge >= 0.3 is 0 Å². The first-order valence-electron chi connectivity index (χ1n) is 1.93. The first kappa shape index (κ1) is 6.43. The minimum atomic E-state index is -0.419. The molecular weight excluding hydrogens is 96.0 g/mol. The van der Waals surface area contributed by atoms with Crippen molar-refractivity contribution in [3.63, 3.8) is 0 Å². The highest BCUT2D eigenvalue weighted by molar-refractivity contribution is 5.36. The second kappa shape index (κ2) is 3.61. The monoisotopic (exact) mass is 104 g/mol. The fourth-order valence-electron chi connectivity index (χ4n) is 0.134. The third kappa shape index (κ3) is 3.26. The average Bonchev–Trinajstić information content (AvgIpc) is 1.68. The molecule has 0 aromatic rings. The summed E-state index contributed by atoms with van der Waals surface area (Å²) >= 11 is 0. The molecule has 0 saturated carbocycles. The lowest BCUT2D eigenvalue weighted by Gasteiger charge is -2.03. The van der Waals surface area contributed by atoms with E-state index in [1.807, 2.05) is 0 Å². The summed E-state index contributed by atoms with van der Waals surface area (Å²) in [5.41, 5.74) is 0. The fraction of sp³-hybridized carbons (Fsp3) is 0.750. The van der Waals surface area contributed by atoms with Crippen LogP contribution in [0.4, 0.5) is 0 Å². The minimum Gasteiger partial charge on any atom is -0.438 e. The standard InChI is InChI=1S/C4H8O3/c1-4(6-2)7-3-5/h3-4H,1-2H3/t4-/m1/s1. The predicted octanol–water partition coefficient (Wildman–Crippen LogP) is 0.152. The van der Waals surface area contributed by atoms with Crippen LogP contribution in [0.2, 0.25) is 0 Å². The fourth-order valence-corrected chi connectivity index (χ4v) is 0.134. The van der Waals surface area contributed by atoms with Crippen molar-refractivity contribution < 1.29 is 14.3 Å². The van der Waals surface area contributed by atoms with Gasteiger partial charge in [0.2, 0.25) is 0 Å². The number of carbonyl (C=O) groups is 1. The van der Waals surface area contributed by atoms with Crippen LogP contribution in [0.1, 0.15) is 6.92 Å². The van der Waals surface area contributed by atoms with Gasteiger partial charge in [-0.2, -0.15) is 0 Å². The number of hydrogen-bond donors (Lipinski definition) is 0. The van der Waals surface area contributed by atoms with Crippen molar-refractivity contribution in [1.82, 2.24) is 0 Å². The zero-order valence-electron chi connectivity index (χ0n) is 4.38. The smallest absolute Gasteiger partial charge is 0.295 e. The van der Waals surface area contributed by atoms with Crippen LogP contribution in [0.15, 0.2) is 0 Å². The van der Waals surface area contributed by atoms with Crippen molar-refractivity contribution in [3.8, 4) is 0 Å². The van der Waals surface area contributed by atoms with Crippen molar-refractivity contribution >= 4 is 6.47 Å². The lowest BCUT2D eigenvalue weighted by molar-refractivity contribution is -0.153. The molecule has 0 amide bonds. The number of ether oxygens (including phenoxy) is 2. The molecule has 42 valence electrons. The SMILES string of the molecule is CO[C@@H](C)OC=O. The normalized spacial score (nSPS) is 12.9. The Balaban J connectivity index is 2.98. The van der Waals surface area contributed by atoms with Gasteiger partial charge < -0.3 is 9.47 Å². The maximum atomic E-state index is 9.47. The van der Waals surface area contributed by atoms with Crippen molar-refractivity contribution in [2.24, 2.45) is 0 Å². The molecular formula is C4H8O3. The summed E-state index contributed by atoms with van der Waals surface area (Å²) in [6, 6.07) is 0. The van der Waals surface area contributed by atoms with E-state index in [9.17, 15) is 4.79 Å². The third-order valence-electron chi connectivity index (χ3n) is 0.579. The molecule has 0 aliphatic rings. The van der Waals surface area contributed by atoms with E-state index in [-0.39, 0.29) is 0 Å². The lowest BCUT2D eigenvalue weighted by atomic mass is 10.8. The summed E-state index contributed by atoms with van der Waals surface area (Å²) in [5, 5.41) is 0. The largest absolute Gasteiger partial charge is 0.438 e. The van der Waals surface area contributed by atoms with Crippen LogP contribution in [-0.2, 0) is 14.3 Å². The molecule has 0 unspecified atom stereocenters. The minimum absolute atomic E-state index is 0.355. The molecule has 7 heavy (non-hydrogen) atoms. The maximum absolute atomic E-state index is 9.47. The Hall–Kier alpha value is -0.570. The van der Waals surface area contributed by atoms with E-state index in [1.54, 1.807) is 6.92 Å². The van der Waals surface area contributed by atoms with E-state index in [0.29, 0.717) is 6.47 Å². The highest BCUT2D eigenvalue weighted by atomic mass is 16.7. The molecule has 0 aromatic heterocycles. The van der Waals surface area contributed by atoms with Crippen LogP contribution in [0.5, 0.6) is 0 Å². The zero-order chi connectivity index (χ0) is 5.70. The highest BCUT2D eigenvalue weighted by Crippen LogP contribution is 1.83. The van der Waals surface area contributed by atoms with Crippen molar-refractivity contribution in [2.45, 2.75) is 13.2 Å². The number of carbonyl (C=O) groups excluding carboxylic acids is 1. The van der Waals surface area contributed by atoms with Crippen LogP contribution in [0.3, 0.4) is 0 Å². The summed E-state index contributed by atoms with van der Waals surface area (Å²) in [6.07, 6.45) is -0.419. The Bertz CT molecular complexity index is 52.9. The Labute approximate surface area is 42.2 Å². The van der Waals surface area contributed by atoms with Crippen LogP contribution in [-0.4, -0.2) is 19.9 Å². The molecule has 0 aliphatic carbocycles. The Kier molecular flexibility index (Phi) is 3.32. The lowest BCUT2D eigenvalue weighted by Crippen LogP contribution is -2.07. The molecule has 0 fully saturated rings. The predicted molar refractivity (Wildman–Crippen MR) is 23.6 cm³/mol. The molecule has 0 radical (unpaired) electrons. The summed E-state index contributed by atoms with van der Waals surface area (Å²) < 4.78 is 8.83. The topological polar surface area (TPSA) is 35.5 Å². The van der Waals surface area contributed by atoms with Crippen LogP contribution < -0.4 is 0 Å². The van der Waals surface area contributed by atoms with Gasteiger partial charge in [0, 0.05) is 7.11 Å². The molecule has 0 saturated heterocycles. The molecule has 0 bridgehead atoms. The van der Waals surface area contributed by atoms with Gasteiger partial charge in [0.05, 0.1) is 0 Å². The van der Waals surface area contributed by atoms with E-state index in [0.717, 1.165) is 0 Å². The van der Waals surface area contributed by atoms with Crippen LogP contribution >= 0.6 is 0 Å². The summed E-state index contributed by atoms with van der Waals surface area (Å²) in [4.78, 5) is 9.47. The van der Waals surface area contributed by atoms with Crippen LogP contribution in [0.25, 0.3) is 0 Å². The van der Waals surface area contributed by atoms with Gasteiger partial charge in [0.15, 0.2) is 6.29 Å². The molecule has 0 rings (SSSR count). The highest BCUT2D eigenvalue weighted by Gasteiger charge is 1.92. The summed E-state index contributed by atoms with van der Waals surface area (Å²) in [5.74, 6) is 0. The van der Waals surface area contributed by atoms with Gasteiger partial charge in [-0.05, 0) is 6.92 Å². The van der Waals surface area contributed by atoms with E-state index in [4.69, 9.17) is 0 Å². The first-order chi connectivity index (χ1) is 3.31. The average molecular weight is 104 g/mol. The summed E-state index contributed by atoms with van der Waals surface area (Å²) in [6.45, 7) is 1.99. The van der Waals surface area contributed by atoms with Gasteiger partial charge in [-0.3, -0.25) is 4.79 Å². The molecule has 3 nitrogen and oxygen atoms in total. The van der Waals surface area contributed by atoms with E-state index in [2.05, 4.69) is 9.47 Å². The van der Waals surface area contributed by atoms with Crippen molar-refractivity contribution in [1.29, 1.82) is 0 Å². The molecule has 0 heterocycles. The molecule has 3 heteroatoms. The number of hydrogen-bond acceptors (Lipinski definition) is 3. The molecule has 0 aliphatic heterocycles. The Morgan fingerprint density at radius 1 is 1.71 bits per heavy atom. The van der Waals surface area contributed by atoms with E-state index in [1.165, 1.54) is 7.11 Å². The van der Waals surface area contributed by atoms with Gasteiger partial charge in [-0.15, -0.1) is 0 Å². The molecule has 0 aromatic carbocycles. The Morgan fingerprint density at radius 3 is 2.43 bits per heavy atom. The second-order valence-corrected chi connectivity index (χ2v) is 1.04. The van der Waals surface area contributed by atoms with Gasteiger partial charge in [-0.1, -0.05) is 0 Å². The molecule has 1 atom stereocenters. The van der Waals surface area contributed by atoms with Gasteiger partial charge in [-0.25, -0.2) is 0 Å². The zero-order valence-corrected chi connectivity index (χ0v) is 4.38. The number of rotatable bonds is 3. The van der Waals surface area contributed by atoms with Gasteiger partial charge in [0.1, 0.15) is 0 Å². The molecule has 0 spiro atoms. The van der Waals surface area contributed by atoms with E-state index >= 15 is 0 Å². The maximum Gasteiger partial charge on any atom is 0.295 e. The molecule has 0 N–H and O–H groups in total. The quantitative estimate of drug-likeness (QED) is 0.377. The van der Waals surface area contributed by atoms with Gasteiger partial charge in [0.25, 0.3) is 6.47 Å². The van der Waals surface area contributed by atoms with Crippen LogP contribution in [0, 0.1) is 0 Å². The van der Waals surface area contributed by atoms with Crippen molar-refractivity contribution in [3.05, 3.63) is 0 Å². The van der Waals surface area contributed by atoms with E-state index < -0.39 is 6.29 Å².